The second kappa shape index (κ2) is 6.94. The molecule has 7 heteroatoms. The van der Waals surface area contributed by atoms with Crippen LogP contribution in [0.4, 0.5) is 5.69 Å². The Hall–Kier alpha value is -3.45. The minimum Gasteiger partial charge on any atom is -0.378 e. The summed E-state index contributed by atoms with van der Waals surface area (Å²) in [5.41, 5.74) is 4.10. The van der Waals surface area contributed by atoms with Gasteiger partial charge < -0.3 is 19.9 Å². The Morgan fingerprint density at radius 2 is 1.93 bits per heavy atom. The average molecular weight is 373 g/mol. The lowest BCUT2D eigenvalue weighted by Gasteiger charge is -2.28. The normalized spacial score (nSPS) is 18.6. The van der Waals surface area contributed by atoms with E-state index < -0.39 is 0 Å². The van der Waals surface area contributed by atoms with E-state index in [0.29, 0.717) is 11.5 Å². The molecule has 5 rings (SSSR count). The maximum atomic E-state index is 12.4. The second-order valence-corrected chi connectivity index (χ2v) is 6.73. The highest BCUT2D eigenvalue weighted by Crippen LogP contribution is 2.22. The van der Waals surface area contributed by atoms with Gasteiger partial charge in [-0.1, -0.05) is 0 Å². The second-order valence-electron chi connectivity index (χ2n) is 6.73. The van der Waals surface area contributed by atoms with Crippen LogP contribution < -0.4 is 10.2 Å². The van der Waals surface area contributed by atoms with Crippen LogP contribution in [-0.2, 0) is 9.53 Å². The molecule has 3 aromatic rings. The molecule has 0 spiro atoms. The summed E-state index contributed by atoms with van der Waals surface area (Å²) in [5, 5.41) is 3.82. The quantitative estimate of drug-likeness (QED) is 0.691. The van der Waals surface area contributed by atoms with Gasteiger partial charge in [-0.05, 0) is 42.5 Å². The highest BCUT2D eigenvalue weighted by atomic mass is 16.5. The average Bonchev–Trinajstić information content (AvgIpc) is 3.33. The fourth-order valence-electron chi connectivity index (χ4n) is 3.50. The van der Waals surface area contributed by atoms with Crippen molar-refractivity contribution < 1.29 is 9.53 Å². The number of amidine groups is 1. The molecule has 1 saturated heterocycles. The van der Waals surface area contributed by atoms with Crippen molar-refractivity contribution in [3.63, 3.8) is 0 Å². The van der Waals surface area contributed by atoms with Gasteiger partial charge in [0.25, 0.3) is 5.91 Å². The monoisotopic (exact) mass is 373 g/mol. The summed E-state index contributed by atoms with van der Waals surface area (Å²) in [6.45, 7) is 3.29. The van der Waals surface area contributed by atoms with Crippen LogP contribution in [0.5, 0.6) is 0 Å². The smallest absolute Gasteiger partial charge is 0.275 e. The molecule has 0 saturated carbocycles. The van der Waals surface area contributed by atoms with Gasteiger partial charge in [0.1, 0.15) is 17.2 Å². The molecule has 0 atom stereocenters. The maximum Gasteiger partial charge on any atom is 0.275 e. The molecule has 2 aliphatic heterocycles. The molecule has 28 heavy (non-hydrogen) atoms. The molecule has 1 aromatic carbocycles. The zero-order valence-corrected chi connectivity index (χ0v) is 15.2. The van der Waals surface area contributed by atoms with Gasteiger partial charge in [-0.25, -0.2) is 9.98 Å². The lowest BCUT2D eigenvalue weighted by atomic mass is 10.1. The molecule has 0 unspecified atom stereocenters. The number of rotatable bonds is 3. The van der Waals surface area contributed by atoms with Crippen LogP contribution >= 0.6 is 0 Å². The molecule has 7 nitrogen and oxygen atoms in total. The number of aromatic nitrogens is 2. The van der Waals surface area contributed by atoms with Crippen molar-refractivity contribution >= 4 is 34.5 Å². The zero-order valence-electron chi connectivity index (χ0n) is 15.2. The number of anilines is 1. The van der Waals surface area contributed by atoms with Gasteiger partial charge in [-0.15, -0.1) is 0 Å². The van der Waals surface area contributed by atoms with Crippen molar-refractivity contribution in [1.29, 1.82) is 0 Å². The zero-order chi connectivity index (χ0) is 18.9. The predicted octanol–water partition coefficient (Wildman–Crippen LogP) is 2.32. The number of nitrogens with zero attached hydrogens (tertiary/aromatic N) is 3. The Labute approximate surface area is 161 Å². The van der Waals surface area contributed by atoms with E-state index in [9.17, 15) is 4.79 Å². The SMILES string of the molecule is O=C1NC(c2ccc(N3CCOCC3)cc2)=NC1=Cc1c[nH]c2ncccc12. The van der Waals surface area contributed by atoms with Gasteiger partial charge in [0, 0.05) is 47.7 Å². The molecule has 140 valence electrons. The first kappa shape index (κ1) is 16.7. The molecular weight excluding hydrogens is 354 g/mol. The van der Waals surface area contributed by atoms with Crippen LogP contribution in [0, 0.1) is 0 Å². The van der Waals surface area contributed by atoms with Gasteiger partial charge >= 0.3 is 0 Å². The fourth-order valence-corrected chi connectivity index (χ4v) is 3.50. The summed E-state index contributed by atoms with van der Waals surface area (Å²) in [4.78, 5) is 26.6. The number of hydrogen-bond donors (Lipinski definition) is 2. The van der Waals surface area contributed by atoms with Crippen molar-refractivity contribution in [3.8, 4) is 0 Å². The van der Waals surface area contributed by atoms with Crippen LogP contribution in [0.25, 0.3) is 17.1 Å². The van der Waals surface area contributed by atoms with Crippen molar-refractivity contribution in [1.82, 2.24) is 15.3 Å². The number of morpholine rings is 1. The number of carbonyl (C=O) groups excluding carboxylic acids is 1. The molecule has 0 radical (unpaired) electrons. The number of carbonyl (C=O) groups is 1. The predicted molar refractivity (Wildman–Crippen MR) is 108 cm³/mol. The van der Waals surface area contributed by atoms with E-state index in [4.69, 9.17) is 4.74 Å². The van der Waals surface area contributed by atoms with Crippen molar-refractivity contribution in [2.24, 2.45) is 4.99 Å². The van der Waals surface area contributed by atoms with Gasteiger partial charge in [0.15, 0.2) is 0 Å². The summed E-state index contributed by atoms with van der Waals surface area (Å²) in [6.07, 6.45) is 5.35. The van der Waals surface area contributed by atoms with E-state index >= 15 is 0 Å². The van der Waals surface area contributed by atoms with Gasteiger partial charge in [0.2, 0.25) is 0 Å². The van der Waals surface area contributed by atoms with Gasteiger partial charge in [0.05, 0.1) is 13.2 Å². The third kappa shape index (κ3) is 3.05. The third-order valence-electron chi connectivity index (χ3n) is 4.99. The van der Waals surface area contributed by atoms with Crippen molar-refractivity contribution in [3.05, 3.63) is 65.6 Å². The molecule has 4 heterocycles. The molecule has 1 fully saturated rings. The highest BCUT2D eigenvalue weighted by Gasteiger charge is 2.22. The van der Waals surface area contributed by atoms with Crippen molar-refractivity contribution in [2.45, 2.75) is 0 Å². The number of aromatic amines is 1. The molecular formula is C21H19N5O2. The topological polar surface area (TPSA) is 82.6 Å². The molecule has 2 aromatic heterocycles. The first-order chi connectivity index (χ1) is 13.8. The van der Waals surface area contributed by atoms with E-state index in [2.05, 4.69) is 37.3 Å². The van der Waals surface area contributed by atoms with E-state index in [1.165, 1.54) is 0 Å². The van der Waals surface area contributed by atoms with Crippen LogP contribution in [0.3, 0.4) is 0 Å². The number of benzene rings is 1. The Kier molecular flexibility index (Phi) is 4.14. The van der Waals surface area contributed by atoms with Crippen LogP contribution in [0.1, 0.15) is 11.1 Å². The van der Waals surface area contributed by atoms with E-state index in [-0.39, 0.29) is 5.91 Å². The number of aliphatic imine (C=N–C) groups is 1. The Morgan fingerprint density at radius 1 is 1.11 bits per heavy atom. The Balaban J connectivity index is 1.41. The van der Waals surface area contributed by atoms with E-state index in [1.807, 2.05) is 30.5 Å². The van der Waals surface area contributed by atoms with Crippen LogP contribution in [0.15, 0.2) is 59.5 Å². The number of hydrogen-bond acceptors (Lipinski definition) is 5. The van der Waals surface area contributed by atoms with Crippen molar-refractivity contribution in [2.75, 3.05) is 31.2 Å². The summed E-state index contributed by atoms with van der Waals surface area (Å²) < 4.78 is 5.40. The molecule has 0 aliphatic carbocycles. The minimum absolute atomic E-state index is 0.203. The molecule has 2 aliphatic rings. The Bertz CT molecular complexity index is 1090. The number of ether oxygens (including phenoxy) is 1. The maximum absolute atomic E-state index is 12.4. The lowest BCUT2D eigenvalue weighted by Crippen LogP contribution is -2.36. The number of nitrogens with one attached hydrogen (secondary N) is 2. The number of pyridine rings is 1. The molecule has 0 bridgehead atoms. The third-order valence-corrected chi connectivity index (χ3v) is 4.99. The number of H-pyrrole nitrogens is 1. The van der Waals surface area contributed by atoms with E-state index in [1.54, 1.807) is 12.3 Å². The Morgan fingerprint density at radius 3 is 2.75 bits per heavy atom. The molecule has 2 N–H and O–H groups in total. The fraction of sp³-hybridized carbons (Fsp3) is 0.190. The summed E-state index contributed by atoms with van der Waals surface area (Å²) in [5.74, 6) is 0.369. The standard InChI is InChI=1S/C21H19N5O2/c27-21-18(12-15-13-23-20-17(15)2-1-7-22-20)24-19(25-21)14-3-5-16(6-4-14)26-8-10-28-11-9-26/h1-7,12-13H,8-11H2,(H,22,23)(H,24,25,27). The van der Waals surface area contributed by atoms with Gasteiger partial charge in [-0.3, -0.25) is 4.79 Å². The highest BCUT2D eigenvalue weighted by molar-refractivity contribution is 6.20. The first-order valence-corrected chi connectivity index (χ1v) is 9.25. The summed E-state index contributed by atoms with van der Waals surface area (Å²) in [7, 11) is 0. The van der Waals surface area contributed by atoms with E-state index in [0.717, 1.165) is 54.2 Å². The minimum atomic E-state index is -0.203. The van der Waals surface area contributed by atoms with Gasteiger partial charge in [-0.2, -0.15) is 0 Å². The lowest BCUT2D eigenvalue weighted by molar-refractivity contribution is -0.115. The summed E-state index contributed by atoms with van der Waals surface area (Å²) >= 11 is 0. The number of fused-ring (bicyclic) bond motifs is 1. The number of amides is 1. The first-order valence-electron chi connectivity index (χ1n) is 9.25. The largest absolute Gasteiger partial charge is 0.378 e. The summed E-state index contributed by atoms with van der Waals surface area (Å²) in [6, 6.07) is 11.9. The van der Waals surface area contributed by atoms with Crippen LogP contribution in [0.2, 0.25) is 0 Å². The van der Waals surface area contributed by atoms with Crippen LogP contribution in [-0.4, -0.2) is 48.0 Å². The molecule has 1 amide bonds.